The number of aromatic amines is 1. The smallest absolute Gasteiger partial charge is 0.270 e. The number of benzene rings is 1. The van der Waals surface area contributed by atoms with Crippen LogP contribution in [-0.4, -0.2) is 34.4 Å². The van der Waals surface area contributed by atoms with Gasteiger partial charge in [-0.05, 0) is 15.9 Å². The molecule has 1 aromatic heterocycles. The minimum absolute atomic E-state index is 0.0942. The number of nitrogens with one attached hydrogen (secondary N) is 2. The number of amides is 1. The lowest BCUT2D eigenvalue weighted by Gasteiger charge is -2.01. The van der Waals surface area contributed by atoms with Crippen molar-refractivity contribution in [3.63, 3.8) is 0 Å². The van der Waals surface area contributed by atoms with Crippen LogP contribution in [0, 0.1) is 0 Å². The molecule has 5 nitrogen and oxygen atoms in total. The van der Waals surface area contributed by atoms with E-state index in [0.717, 1.165) is 5.56 Å². The van der Waals surface area contributed by atoms with Crippen LogP contribution in [0.15, 0.2) is 34.8 Å². The van der Waals surface area contributed by atoms with E-state index < -0.39 is 0 Å². The summed E-state index contributed by atoms with van der Waals surface area (Å²) in [6.07, 6.45) is 0. The molecule has 0 saturated carbocycles. The van der Waals surface area contributed by atoms with E-state index >= 15 is 0 Å². The third-order valence-corrected chi connectivity index (χ3v) is 3.15. The van der Waals surface area contributed by atoms with Crippen LogP contribution < -0.4 is 5.32 Å². The van der Waals surface area contributed by atoms with Gasteiger partial charge in [0.05, 0.1) is 11.1 Å². The van der Waals surface area contributed by atoms with Crippen molar-refractivity contribution in [3.05, 3.63) is 40.5 Å². The Hall–Kier alpha value is -1.66. The molecule has 3 N–H and O–H groups in total. The van der Waals surface area contributed by atoms with Gasteiger partial charge in [0.2, 0.25) is 0 Å². The fourth-order valence-electron chi connectivity index (χ4n) is 1.52. The van der Waals surface area contributed by atoms with Crippen LogP contribution in [0.2, 0.25) is 0 Å². The number of H-pyrrole nitrogens is 1. The van der Waals surface area contributed by atoms with E-state index in [1.807, 2.05) is 30.3 Å². The van der Waals surface area contributed by atoms with Gasteiger partial charge in [0.25, 0.3) is 5.91 Å². The van der Waals surface area contributed by atoms with Crippen molar-refractivity contribution in [1.82, 2.24) is 15.5 Å². The quantitative estimate of drug-likeness (QED) is 0.802. The number of rotatable bonds is 4. The topological polar surface area (TPSA) is 78.0 Å². The zero-order valence-electron chi connectivity index (χ0n) is 9.48. The van der Waals surface area contributed by atoms with E-state index in [9.17, 15) is 4.79 Å². The monoisotopic (exact) mass is 309 g/mol. The molecule has 0 bridgehead atoms. The van der Waals surface area contributed by atoms with Gasteiger partial charge in [-0.15, -0.1) is 0 Å². The van der Waals surface area contributed by atoms with Crippen molar-refractivity contribution >= 4 is 21.8 Å². The molecule has 94 valence electrons. The van der Waals surface area contributed by atoms with Gasteiger partial charge in [-0.2, -0.15) is 5.10 Å². The standard InChI is InChI=1S/C12H12BrN3O2/c13-9-10(8-4-2-1-3-5-8)15-16-11(9)12(18)14-6-7-17/h1-5,17H,6-7H2,(H,14,18)(H,15,16). The first-order valence-electron chi connectivity index (χ1n) is 5.42. The van der Waals surface area contributed by atoms with Crippen LogP contribution in [-0.2, 0) is 0 Å². The molecule has 18 heavy (non-hydrogen) atoms. The summed E-state index contributed by atoms with van der Waals surface area (Å²) in [6.45, 7) is 0.119. The van der Waals surface area contributed by atoms with Gasteiger partial charge in [0.15, 0.2) is 0 Å². The van der Waals surface area contributed by atoms with Crippen LogP contribution in [0.5, 0.6) is 0 Å². The summed E-state index contributed by atoms with van der Waals surface area (Å²) in [6, 6.07) is 9.55. The summed E-state index contributed by atoms with van der Waals surface area (Å²) < 4.78 is 0.615. The molecule has 0 atom stereocenters. The third kappa shape index (κ3) is 2.60. The maximum Gasteiger partial charge on any atom is 0.270 e. The van der Waals surface area contributed by atoms with Crippen LogP contribution >= 0.6 is 15.9 Å². The Morgan fingerprint density at radius 2 is 2.11 bits per heavy atom. The second-order valence-electron chi connectivity index (χ2n) is 3.61. The van der Waals surface area contributed by atoms with Crippen molar-refractivity contribution in [1.29, 1.82) is 0 Å². The van der Waals surface area contributed by atoms with Crippen LogP contribution in [0.1, 0.15) is 10.5 Å². The Bertz CT molecular complexity index is 540. The Morgan fingerprint density at radius 3 is 2.78 bits per heavy atom. The predicted octanol–water partition coefficient (Wildman–Crippen LogP) is 1.56. The van der Waals surface area contributed by atoms with Crippen LogP contribution in [0.25, 0.3) is 11.3 Å². The molecule has 0 radical (unpaired) electrons. The first-order chi connectivity index (χ1) is 8.74. The van der Waals surface area contributed by atoms with Gasteiger partial charge in [0.1, 0.15) is 11.4 Å². The third-order valence-electron chi connectivity index (χ3n) is 2.38. The number of nitrogens with zero attached hydrogens (tertiary/aromatic N) is 1. The van der Waals surface area contributed by atoms with Gasteiger partial charge in [0, 0.05) is 12.1 Å². The molecule has 2 aromatic rings. The minimum atomic E-state index is -0.300. The molecule has 0 aliphatic rings. The molecule has 0 aliphatic carbocycles. The van der Waals surface area contributed by atoms with E-state index in [2.05, 4.69) is 31.4 Å². The van der Waals surface area contributed by atoms with E-state index in [0.29, 0.717) is 15.9 Å². The van der Waals surface area contributed by atoms with Crippen molar-refractivity contribution in [2.45, 2.75) is 0 Å². The lowest BCUT2D eigenvalue weighted by atomic mass is 10.1. The van der Waals surface area contributed by atoms with Gasteiger partial charge < -0.3 is 10.4 Å². The number of carbonyl (C=O) groups excluding carboxylic acids is 1. The lowest BCUT2D eigenvalue weighted by molar-refractivity contribution is 0.0939. The fraction of sp³-hybridized carbons (Fsp3) is 0.167. The number of aliphatic hydroxyl groups is 1. The van der Waals surface area contributed by atoms with Crippen molar-refractivity contribution in [3.8, 4) is 11.3 Å². The molecule has 0 aliphatic heterocycles. The van der Waals surface area contributed by atoms with E-state index in [4.69, 9.17) is 5.11 Å². The highest BCUT2D eigenvalue weighted by molar-refractivity contribution is 9.10. The molecule has 1 amide bonds. The predicted molar refractivity (Wildman–Crippen MR) is 71.1 cm³/mol. The number of aliphatic hydroxyl groups excluding tert-OH is 1. The molecular weight excluding hydrogens is 298 g/mol. The van der Waals surface area contributed by atoms with Crippen molar-refractivity contribution in [2.75, 3.05) is 13.2 Å². The highest BCUT2D eigenvalue weighted by Gasteiger charge is 2.17. The number of aromatic nitrogens is 2. The molecule has 0 spiro atoms. The fourth-order valence-corrected chi connectivity index (χ4v) is 2.11. The first-order valence-corrected chi connectivity index (χ1v) is 6.21. The number of carbonyl (C=O) groups is 1. The minimum Gasteiger partial charge on any atom is -0.395 e. The molecule has 0 fully saturated rings. The Labute approximate surface area is 112 Å². The average Bonchev–Trinajstić information content (AvgIpc) is 2.79. The molecule has 0 unspecified atom stereocenters. The zero-order chi connectivity index (χ0) is 13.0. The largest absolute Gasteiger partial charge is 0.395 e. The maximum atomic E-state index is 11.7. The Kier molecular flexibility index (Phi) is 4.11. The second-order valence-corrected chi connectivity index (χ2v) is 4.40. The zero-order valence-corrected chi connectivity index (χ0v) is 11.1. The van der Waals surface area contributed by atoms with Gasteiger partial charge in [-0.3, -0.25) is 9.89 Å². The van der Waals surface area contributed by atoms with Gasteiger partial charge in [-0.1, -0.05) is 30.3 Å². The molecule has 1 heterocycles. The molecule has 0 saturated heterocycles. The Morgan fingerprint density at radius 1 is 1.39 bits per heavy atom. The molecule has 1 aromatic carbocycles. The van der Waals surface area contributed by atoms with E-state index in [1.54, 1.807) is 0 Å². The molecule has 2 rings (SSSR count). The first kappa shape index (κ1) is 12.8. The second kappa shape index (κ2) is 5.79. The Balaban J connectivity index is 2.27. The number of hydrogen-bond donors (Lipinski definition) is 3. The van der Waals surface area contributed by atoms with E-state index in [1.165, 1.54) is 0 Å². The summed E-state index contributed by atoms with van der Waals surface area (Å²) >= 11 is 3.36. The summed E-state index contributed by atoms with van der Waals surface area (Å²) in [7, 11) is 0. The number of hydrogen-bond acceptors (Lipinski definition) is 3. The average molecular weight is 310 g/mol. The number of halogens is 1. The van der Waals surface area contributed by atoms with Gasteiger partial charge >= 0.3 is 0 Å². The summed E-state index contributed by atoms with van der Waals surface area (Å²) in [5.74, 6) is -0.300. The van der Waals surface area contributed by atoms with E-state index in [-0.39, 0.29) is 19.1 Å². The highest BCUT2D eigenvalue weighted by atomic mass is 79.9. The normalized spacial score (nSPS) is 10.3. The van der Waals surface area contributed by atoms with Crippen LogP contribution in [0.3, 0.4) is 0 Å². The summed E-state index contributed by atoms with van der Waals surface area (Å²) in [5.41, 5.74) is 1.95. The maximum absolute atomic E-state index is 11.7. The SMILES string of the molecule is O=C(NCCO)c1[nH]nc(-c2ccccc2)c1Br. The lowest BCUT2D eigenvalue weighted by Crippen LogP contribution is -2.26. The van der Waals surface area contributed by atoms with Crippen molar-refractivity contribution < 1.29 is 9.90 Å². The summed E-state index contributed by atoms with van der Waals surface area (Å²) in [5, 5.41) is 18.0. The van der Waals surface area contributed by atoms with Crippen molar-refractivity contribution in [2.24, 2.45) is 0 Å². The van der Waals surface area contributed by atoms with Gasteiger partial charge in [-0.25, -0.2) is 0 Å². The molecule has 6 heteroatoms. The molecular formula is C12H12BrN3O2. The highest BCUT2D eigenvalue weighted by Crippen LogP contribution is 2.28. The summed E-state index contributed by atoms with van der Waals surface area (Å²) in [4.78, 5) is 11.7. The van der Waals surface area contributed by atoms with Crippen LogP contribution in [0.4, 0.5) is 0 Å².